The zero-order valence-corrected chi connectivity index (χ0v) is 10.3. The van der Waals surface area contributed by atoms with E-state index in [9.17, 15) is 0 Å². The Hall–Kier alpha value is -0.870. The molecule has 1 fully saturated rings. The Kier molecular flexibility index (Phi) is 3.61. The molecule has 1 saturated heterocycles. The van der Waals surface area contributed by atoms with Crippen molar-refractivity contribution in [1.82, 2.24) is 14.7 Å². The molecule has 2 heterocycles. The molecule has 0 saturated carbocycles. The third-order valence-corrected chi connectivity index (χ3v) is 3.47. The van der Waals surface area contributed by atoms with E-state index in [1.54, 1.807) is 0 Å². The quantitative estimate of drug-likeness (QED) is 0.823. The van der Waals surface area contributed by atoms with Crippen LogP contribution in [0.5, 0.6) is 0 Å². The molecule has 0 radical (unpaired) electrons. The monoisotopic (exact) mass is 222 g/mol. The number of rotatable bonds is 4. The molecule has 1 unspecified atom stereocenters. The average Bonchev–Trinajstić information content (AvgIpc) is 2.85. The fourth-order valence-corrected chi connectivity index (χ4v) is 2.60. The highest BCUT2D eigenvalue weighted by atomic mass is 15.3. The highest BCUT2D eigenvalue weighted by Gasteiger charge is 2.24. The maximum absolute atomic E-state index is 5.79. The van der Waals surface area contributed by atoms with E-state index in [1.165, 1.54) is 30.6 Å². The van der Waals surface area contributed by atoms with Crippen molar-refractivity contribution >= 4 is 0 Å². The first-order chi connectivity index (χ1) is 7.74. The van der Waals surface area contributed by atoms with E-state index in [2.05, 4.69) is 23.1 Å². The Balaban J connectivity index is 2.07. The summed E-state index contributed by atoms with van der Waals surface area (Å²) < 4.78 is 1.92. The molecule has 1 atom stereocenters. The predicted molar refractivity (Wildman–Crippen MR) is 65.1 cm³/mol. The zero-order chi connectivity index (χ0) is 11.5. The number of aryl methyl sites for hydroxylation is 2. The first-order valence-corrected chi connectivity index (χ1v) is 6.20. The lowest BCUT2D eigenvalue weighted by Gasteiger charge is -2.22. The molecule has 1 aromatic rings. The molecule has 16 heavy (non-hydrogen) atoms. The van der Waals surface area contributed by atoms with Gasteiger partial charge < -0.3 is 5.73 Å². The Morgan fingerprint density at radius 1 is 1.56 bits per heavy atom. The first-order valence-electron chi connectivity index (χ1n) is 6.20. The Labute approximate surface area is 97.4 Å². The van der Waals surface area contributed by atoms with Crippen molar-refractivity contribution in [3.63, 3.8) is 0 Å². The summed E-state index contributed by atoms with van der Waals surface area (Å²) in [5.41, 5.74) is 8.38. The lowest BCUT2D eigenvalue weighted by molar-refractivity contribution is 0.249. The van der Waals surface area contributed by atoms with Gasteiger partial charge in [-0.15, -0.1) is 0 Å². The summed E-state index contributed by atoms with van der Waals surface area (Å²) in [6, 6.07) is 0.574. The van der Waals surface area contributed by atoms with Gasteiger partial charge in [0.2, 0.25) is 0 Å². The number of likely N-dealkylation sites (tertiary alicyclic amines) is 1. The van der Waals surface area contributed by atoms with E-state index in [0.717, 1.165) is 19.5 Å². The van der Waals surface area contributed by atoms with Gasteiger partial charge in [0.05, 0.1) is 5.69 Å². The van der Waals surface area contributed by atoms with Crippen LogP contribution in [-0.4, -0.2) is 33.8 Å². The van der Waals surface area contributed by atoms with Gasteiger partial charge in [0.15, 0.2) is 0 Å². The number of nitrogens with two attached hydrogens (primary N) is 1. The summed E-state index contributed by atoms with van der Waals surface area (Å²) in [7, 11) is 1.99. The van der Waals surface area contributed by atoms with Crippen LogP contribution in [0.4, 0.5) is 0 Å². The fraction of sp³-hybridized carbons (Fsp3) is 0.750. The number of nitrogens with zero attached hydrogens (tertiary/aromatic N) is 3. The van der Waals surface area contributed by atoms with E-state index in [0.29, 0.717) is 6.04 Å². The van der Waals surface area contributed by atoms with Gasteiger partial charge in [-0.05, 0) is 25.8 Å². The van der Waals surface area contributed by atoms with Gasteiger partial charge in [-0.1, -0.05) is 6.92 Å². The van der Waals surface area contributed by atoms with Crippen molar-refractivity contribution in [3.05, 3.63) is 17.5 Å². The number of hydrogen-bond donors (Lipinski definition) is 1. The molecule has 0 bridgehead atoms. The number of hydrogen-bond acceptors (Lipinski definition) is 3. The van der Waals surface area contributed by atoms with E-state index < -0.39 is 0 Å². The van der Waals surface area contributed by atoms with E-state index in [-0.39, 0.29) is 0 Å². The maximum Gasteiger partial charge on any atom is 0.0666 e. The van der Waals surface area contributed by atoms with Crippen LogP contribution in [0.15, 0.2) is 6.20 Å². The molecule has 4 heteroatoms. The predicted octanol–water partition coefficient (Wildman–Crippen LogP) is 0.906. The van der Waals surface area contributed by atoms with Crippen LogP contribution in [0, 0.1) is 0 Å². The molecular formula is C12H22N4. The average molecular weight is 222 g/mol. The van der Waals surface area contributed by atoms with E-state index in [1.807, 2.05) is 11.7 Å². The first kappa shape index (κ1) is 11.6. The van der Waals surface area contributed by atoms with Crippen LogP contribution in [-0.2, 0) is 20.0 Å². The van der Waals surface area contributed by atoms with Crippen LogP contribution in [0.25, 0.3) is 0 Å². The largest absolute Gasteiger partial charge is 0.329 e. The molecule has 0 amide bonds. The van der Waals surface area contributed by atoms with Crippen molar-refractivity contribution < 1.29 is 0 Å². The SMILES string of the molecule is CCc1nn(C)cc1CN1CCCC1CN. The Morgan fingerprint density at radius 2 is 2.38 bits per heavy atom. The molecule has 0 spiro atoms. The van der Waals surface area contributed by atoms with E-state index in [4.69, 9.17) is 5.73 Å². The van der Waals surface area contributed by atoms with Gasteiger partial charge in [-0.3, -0.25) is 9.58 Å². The molecule has 1 aromatic heterocycles. The highest BCUT2D eigenvalue weighted by Crippen LogP contribution is 2.20. The summed E-state index contributed by atoms with van der Waals surface area (Å²) >= 11 is 0. The van der Waals surface area contributed by atoms with Gasteiger partial charge in [0, 0.05) is 37.9 Å². The van der Waals surface area contributed by atoms with Crippen LogP contribution in [0.3, 0.4) is 0 Å². The Morgan fingerprint density at radius 3 is 3.06 bits per heavy atom. The maximum atomic E-state index is 5.79. The molecule has 2 N–H and O–H groups in total. The normalized spacial score (nSPS) is 21.8. The fourth-order valence-electron chi connectivity index (χ4n) is 2.60. The molecule has 0 aromatic carbocycles. The molecule has 2 rings (SSSR count). The summed E-state index contributed by atoms with van der Waals surface area (Å²) in [5.74, 6) is 0. The van der Waals surface area contributed by atoms with Gasteiger partial charge >= 0.3 is 0 Å². The second kappa shape index (κ2) is 4.97. The molecule has 1 aliphatic heterocycles. The molecular weight excluding hydrogens is 200 g/mol. The lowest BCUT2D eigenvalue weighted by Crippen LogP contribution is -2.34. The molecule has 1 aliphatic rings. The van der Waals surface area contributed by atoms with Crippen LogP contribution >= 0.6 is 0 Å². The second-order valence-corrected chi connectivity index (χ2v) is 4.63. The third kappa shape index (κ3) is 2.28. The summed E-state index contributed by atoms with van der Waals surface area (Å²) in [5, 5.41) is 4.48. The minimum atomic E-state index is 0.574. The van der Waals surface area contributed by atoms with Crippen molar-refractivity contribution in [2.45, 2.75) is 38.8 Å². The van der Waals surface area contributed by atoms with Crippen molar-refractivity contribution in [2.75, 3.05) is 13.1 Å². The summed E-state index contributed by atoms with van der Waals surface area (Å²) in [6.45, 7) is 5.14. The molecule has 90 valence electrons. The van der Waals surface area contributed by atoms with Crippen LogP contribution < -0.4 is 5.73 Å². The zero-order valence-electron chi connectivity index (χ0n) is 10.3. The van der Waals surface area contributed by atoms with Gasteiger partial charge in [0.25, 0.3) is 0 Å². The lowest BCUT2D eigenvalue weighted by atomic mass is 10.2. The van der Waals surface area contributed by atoms with Gasteiger partial charge in [-0.2, -0.15) is 5.10 Å². The van der Waals surface area contributed by atoms with E-state index >= 15 is 0 Å². The van der Waals surface area contributed by atoms with Crippen molar-refractivity contribution in [2.24, 2.45) is 12.8 Å². The van der Waals surface area contributed by atoms with Crippen molar-refractivity contribution in [1.29, 1.82) is 0 Å². The smallest absolute Gasteiger partial charge is 0.0666 e. The molecule has 0 aliphatic carbocycles. The van der Waals surface area contributed by atoms with Crippen LogP contribution in [0.2, 0.25) is 0 Å². The summed E-state index contributed by atoms with van der Waals surface area (Å²) in [4.78, 5) is 2.50. The Bertz CT molecular complexity index is 345. The minimum Gasteiger partial charge on any atom is -0.329 e. The van der Waals surface area contributed by atoms with Crippen LogP contribution in [0.1, 0.15) is 31.0 Å². The molecule has 4 nitrogen and oxygen atoms in total. The van der Waals surface area contributed by atoms with Crippen molar-refractivity contribution in [3.8, 4) is 0 Å². The highest BCUT2D eigenvalue weighted by molar-refractivity contribution is 5.17. The number of aromatic nitrogens is 2. The van der Waals surface area contributed by atoms with Gasteiger partial charge in [0.1, 0.15) is 0 Å². The standard InChI is InChI=1S/C12H22N4/c1-3-12-10(8-15(2)14-12)9-16-6-4-5-11(16)7-13/h8,11H,3-7,9,13H2,1-2H3. The second-order valence-electron chi connectivity index (χ2n) is 4.63. The summed E-state index contributed by atoms with van der Waals surface area (Å²) in [6.07, 6.45) is 5.68. The van der Waals surface area contributed by atoms with Gasteiger partial charge in [-0.25, -0.2) is 0 Å². The third-order valence-electron chi connectivity index (χ3n) is 3.47. The topological polar surface area (TPSA) is 47.1 Å². The minimum absolute atomic E-state index is 0.574.